The molecule has 0 bridgehead atoms. The molecule has 3 rings (SSSR count). The fraction of sp³-hybridized carbons (Fsp3) is 0.308. The minimum Gasteiger partial charge on any atom is -0.504 e. The van der Waals surface area contributed by atoms with Crippen molar-refractivity contribution in [2.75, 3.05) is 0 Å². The predicted octanol–water partition coefficient (Wildman–Crippen LogP) is 3.10. The van der Waals surface area contributed by atoms with Crippen LogP contribution in [-0.2, 0) is 12.8 Å². The minimum absolute atomic E-state index is 0.0873. The van der Waals surface area contributed by atoms with Crippen LogP contribution in [0, 0.1) is 0 Å². The van der Waals surface area contributed by atoms with Gasteiger partial charge in [0.2, 0.25) is 0 Å². The summed E-state index contributed by atoms with van der Waals surface area (Å²) in [6.07, 6.45) is 4.65. The van der Waals surface area contributed by atoms with E-state index < -0.39 is 0 Å². The molecule has 0 amide bonds. The van der Waals surface area contributed by atoms with Crippen LogP contribution < -0.4 is 0 Å². The van der Waals surface area contributed by atoms with Crippen molar-refractivity contribution < 1.29 is 10.2 Å². The van der Waals surface area contributed by atoms with Gasteiger partial charge < -0.3 is 10.2 Å². The number of hydrogen-bond acceptors (Lipinski definition) is 4. The lowest BCUT2D eigenvalue weighted by atomic mass is 10.0. The molecule has 2 aromatic rings. The Bertz CT molecular complexity index is 539. The molecular formula is C13H13NO2S. The Morgan fingerprint density at radius 2 is 1.88 bits per heavy atom. The molecule has 0 unspecified atom stereocenters. The summed E-state index contributed by atoms with van der Waals surface area (Å²) in [5.41, 5.74) is 2.09. The van der Waals surface area contributed by atoms with Gasteiger partial charge in [-0.15, -0.1) is 11.3 Å². The number of aromatic hydroxyl groups is 2. The quantitative estimate of drug-likeness (QED) is 0.761. The number of hydrogen-bond donors (Lipinski definition) is 2. The van der Waals surface area contributed by atoms with Gasteiger partial charge in [-0.25, -0.2) is 4.98 Å². The monoisotopic (exact) mass is 247 g/mol. The van der Waals surface area contributed by atoms with E-state index in [1.165, 1.54) is 29.5 Å². The zero-order valence-electron chi connectivity index (χ0n) is 9.31. The number of benzene rings is 1. The summed E-state index contributed by atoms with van der Waals surface area (Å²) in [6.45, 7) is 0. The normalized spacial score (nSPS) is 14.6. The number of phenolic OH excluding ortho intramolecular Hbond substituents is 2. The lowest BCUT2D eigenvalue weighted by Gasteiger charge is -2.06. The Balaban J connectivity index is 2.03. The minimum atomic E-state index is -0.0879. The smallest absolute Gasteiger partial charge is 0.158 e. The first-order valence-electron chi connectivity index (χ1n) is 5.75. The number of aryl methyl sites for hydroxylation is 2. The van der Waals surface area contributed by atoms with Gasteiger partial charge in [-0.2, -0.15) is 0 Å². The van der Waals surface area contributed by atoms with E-state index in [-0.39, 0.29) is 11.5 Å². The zero-order chi connectivity index (χ0) is 11.8. The fourth-order valence-corrected chi connectivity index (χ4v) is 3.28. The average molecular weight is 247 g/mol. The van der Waals surface area contributed by atoms with Crippen molar-refractivity contribution in [2.24, 2.45) is 0 Å². The number of thiazole rings is 1. The molecule has 0 radical (unpaired) electrons. The van der Waals surface area contributed by atoms with E-state index in [1.807, 2.05) is 0 Å². The van der Waals surface area contributed by atoms with Crippen LogP contribution in [0.25, 0.3) is 10.6 Å². The highest BCUT2D eigenvalue weighted by Crippen LogP contribution is 2.35. The highest BCUT2D eigenvalue weighted by molar-refractivity contribution is 7.15. The maximum absolute atomic E-state index is 9.49. The highest BCUT2D eigenvalue weighted by Gasteiger charge is 2.16. The maximum atomic E-state index is 9.49. The molecule has 3 nitrogen and oxygen atoms in total. The molecule has 1 aromatic carbocycles. The van der Waals surface area contributed by atoms with Gasteiger partial charge in [-0.1, -0.05) is 0 Å². The van der Waals surface area contributed by atoms with Gasteiger partial charge >= 0.3 is 0 Å². The lowest BCUT2D eigenvalue weighted by molar-refractivity contribution is 0.404. The van der Waals surface area contributed by atoms with Crippen molar-refractivity contribution in [1.29, 1.82) is 0 Å². The van der Waals surface area contributed by atoms with Crippen molar-refractivity contribution in [2.45, 2.75) is 25.7 Å². The van der Waals surface area contributed by atoms with E-state index in [2.05, 4.69) is 4.98 Å². The Hall–Kier alpha value is -1.55. The molecule has 4 heteroatoms. The molecule has 0 atom stereocenters. The number of rotatable bonds is 1. The van der Waals surface area contributed by atoms with Gasteiger partial charge in [-0.3, -0.25) is 0 Å². The molecule has 0 spiro atoms. The molecule has 0 saturated heterocycles. The molecule has 1 aromatic heterocycles. The van der Waals surface area contributed by atoms with E-state index in [0.717, 1.165) is 23.4 Å². The summed E-state index contributed by atoms with van der Waals surface area (Å²) in [5.74, 6) is -0.175. The number of phenols is 2. The van der Waals surface area contributed by atoms with Crippen LogP contribution in [0.2, 0.25) is 0 Å². The molecule has 0 aliphatic heterocycles. The largest absolute Gasteiger partial charge is 0.504 e. The second kappa shape index (κ2) is 4.04. The van der Waals surface area contributed by atoms with Crippen LogP contribution in [0.15, 0.2) is 18.2 Å². The molecule has 17 heavy (non-hydrogen) atoms. The Morgan fingerprint density at radius 1 is 1.06 bits per heavy atom. The Kier molecular flexibility index (Phi) is 2.52. The molecule has 1 heterocycles. The summed E-state index contributed by atoms with van der Waals surface area (Å²) < 4.78 is 0. The van der Waals surface area contributed by atoms with Gasteiger partial charge in [0.1, 0.15) is 5.01 Å². The summed E-state index contributed by atoms with van der Waals surface area (Å²) in [4.78, 5) is 5.99. The topological polar surface area (TPSA) is 53.4 Å². The number of fused-ring (bicyclic) bond motifs is 1. The van der Waals surface area contributed by atoms with Crippen molar-refractivity contribution in [3.63, 3.8) is 0 Å². The molecular weight excluding hydrogens is 234 g/mol. The summed E-state index contributed by atoms with van der Waals surface area (Å²) >= 11 is 1.70. The van der Waals surface area contributed by atoms with Crippen molar-refractivity contribution >= 4 is 11.3 Å². The molecule has 1 aliphatic rings. The summed E-state index contributed by atoms with van der Waals surface area (Å²) in [6, 6.07) is 4.87. The fourth-order valence-electron chi connectivity index (χ4n) is 2.13. The molecule has 0 fully saturated rings. The molecule has 0 saturated carbocycles. The van der Waals surface area contributed by atoms with Crippen molar-refractivity contribution in [1.82, 2.24) is 4.98 Å². The van der Waals surface area contributed by atoms with E-state index in [9.17, 15) is 10.2 Å². The molecule has 88 valence electrons. The predicted molar refractivity (Wildman–Crippen MR) is 67.5 cm³/mol. The summed E-state index contributed by atoms with van der Waals surface area (Å²) in [7, 11) is 0. The van der Waals surface area contributed by atoms with Gasteiger partial charge in [0, 0.05) is 10.4 Å². The first kappa shape index (κ1) is 10.6. The van der Waals surface area contributed by atoms with E-state index >= 15 is 0 Å². The van der Waals surface area contributed by atoms with Crippen molar-refractivity contribution in [3.05, 3.63) is 28.8 Å². The number of nitrogens with zero attached hydrogens (tertiary/aromatic N) is 1. The van der Waals surface area contributed by atoms with Crippen LogP contribution in [0.4, 0.5) is 0 Å². The Labute approximate surface area is 103 Å². The van der Waals surface area contributed by atoms with Crippen molar-refractivity contribution in [3.8, 4) is 22.1 Å². The molecule has 1 aliphatic carbocycles. The van der Waals surface area contributed by atoms with Crippen LogP contribution >= 0.6 is 11.3 Å². The third kappa shape index (κ3) is 1.89. The lowest BCUT2D eigenvalue weighted by Crippen LogP contribution is -1.98. The zero-order valence-corrected chi connectivity index (χ0v) is 10.1. The van der Waals surface area contributed by atoms with Crippen LogP contribution in [-0.4, -0.2) is 15.2 Å². The average Bonchev–Trinajstić information content (AvgIpc) is 2.76. The third-order valence-electron chi connectivity index (χ3n) is 3.07. The second-order valence-electron chi connectivity index (χ2n) is 4.30. The van der Waals surface area contributed by atoms with Crippen LogP contribution in [0.5, 0.6) is 11.5 Å². The first-order valence-corrected chi connectivity index (χ1v) is 6.56. The third-order valence-corrected chi connectivity index (χ3v) is 4.27. The maximum Gasteiger partial charge on any atom is 0.158 e. The van der Waals surface area contributed by atoms with Crippen LogP contribution in [0.3, 0.4) is 0 Å². The standard InChI is InChI=1S/C13H13NO2S/c15-10-6-5-8(7-11(10)16)13-14-9-3-1-2-4-12(9)17-13/h5-7,15-16H,1-4H2. The summed E-state index contributed by atoms with van der Waals surface area (Å²) in [5, 5.41) is 19.7. The highest BCUT2D eigenvalue weighted by atomic mass is 32.1. The first-order chi connectivity index (χ1) is 8.24. The SMILES string of the molecule is Oc1ccc(-c2nc3c(s2)CCCC3)cc1O. The van der Waals surface area contributed by atoms with Gasteiger partial charge in [0.25, 0.3) is 0 Å². The number of aromatic nitrogens is 1. The molecule has 2 N–H and O–H groups in total. The van der Waals surface area contributed by atoms with Gasteiger partial charge in [-0.05, 0) is 43.9 Å². The van der Waals surface area contributed by atoms with E-state index in [0.29, 0.717) is 0 Å². The van der Waals surface area contributed by atoms with Crippen LogP contribution in [0.1, 0.15) is 23.4 Å². The van der Waals surface area contributed by atoms with Gasteiger partial charge in [0.05, 0.1) is 5.69 Å². The second-order valence-corrected chi connectivity index (χ2v) is 5.38. The van der Waals surface area contributed by atoms with E-state index in [1.54, 1.807) is 23.5 Å². The Morgan fingerprint density at radius 3 is 2.65 bits per heavy atom. The van der Waals surface area contributed by atoms with Gasteiger partial charge in [0.15, 0.2) is 11.5 Å². The van der Waals surface area contributed by atoms with E-state index in [4.69, 9.17) is 0 Å².